The highest BCUT2D eigenvalue weighted by atomic mass is 32.1. The molecule has 6 rings (SSSR count). The highest BCUT2D eigenvalue weighted by Gasteiger charge is 2.60. The Morgan fingerprint density at radius 1 is 1.28 bits per heavy atom. The number of aliphatic hydroxyl groups is 1. The van der Waals surface area contributed by atoms with E-state index in [2.05, 4.69) is 4.98 Å². The number of aryl methyl sites for hydroxylation is 1. The van der Waals surface area contributed by atoms with Crippen molar-refractivity contribution in [2.75, 3.05) is 6.61 Å². The van der Waals surface area contributed by atoms with Crippen LogP contribution in [0.15, 0.2) is 17.6 Å². The minimum absolute atomic E-state index is 0.197. The van der Waals surface area contributed by atoms with Gasteiger partial charge in [-0.25, -0.2) is 4.98 Å². The predicted octanol–water partition coefficient (Wildman–Crippen LogP) is 3.61. The van der Waals surface area contributed by atoms with Crippen LogP contribution >= 0.6 is 11.3 Å². The van der Waals surface area contributed by atoms with Crippen LogP contribution in [-0.4, -0.2) is 38.6 Å². The summed E-state index contributed by atoms with van der Waals surface area (Å²) in [5.74, 6) is 0.313. The third-order valence-corrected chi connectivity index (χ3v) is 7.90. The SMILES string of the molecule is Cc1cc(C(=O)COC(=O)C23C[C@@H]4C[C@@H](CC(O)(C4)C2)C3)c(C)n1-c1nccs1. The number of thiazole rings is 1. The molecule has 0 aromatic carbocycles. The highest BCUT2D eigenvalue weighted by Crippen LogP contribution is 2.61. The lowest BCUT2D eigenvalue weighted by Gasteiger charge is -2.58. The molecule has 1 N–H and O–H groups in total. The van der Waals surface area contributed by atoms with Crippen LogP contribution in [0.25, 0.3) is 5.13 Å². The standard InChI is InChI=1S/C22H26N2O4S/c1-13-5-17(14(2)24(13)20-23-3-4-29-20)18(25)11-28-19(26)21-7-15-6-16(8-21)10-22(27,9-15)12-21/h3-5,15-16,27H,6-12H2,1-2H3/t15-,16+,21?,22?. The summed E-state index contributed by atoms with van der Waals surface area (Å²) in [6.07, 6.45) is 6.52. The van der Waals surface area contributed by atoms with E-state index in [9.17, 15) is 14.7 Å². The summed E-state index contributed by atoms with van der Waals surface area (Å²) in [6.45, 7) is 3.57. The fourth-order valence-electron chi connectivity index (χ4n) is 6.48. The molecular formula is C22H26N2O4S. The number of carbonyl (C=O) groups is 2. The van der Waals surface area contributed by atoms with Gasteiger partial charge in [-0.15, -0.1) is 11.3 Å². The minimum atomic E-state index is -0.717. The molecule has 4 aliphatic carbocycles. The fraction of sp³-hybridized carbons (Fsp3) is 0.591. The average Bonchev–Trinajstić information content (AvgIpc) is 3.25. The van der Waals surface area contributed by atoms with E-state index >= 15 is 0 Å². The van der Waals surface area contributed by atoms with Gasteiger partial charge >= 0.3 is 5.97 Å². The molecule has 0 spiro atoms. The van der Waals surface area contributed by atoms with Gasteiger partial charge in [0.1, 0.15) is 0 Å². The average molecular weight is 415 g/mol. The van der Waals surface area contributed by atoms with E-state index in [1.807, 2.05) is 29.9 Å². The van der Waals surface area contributed by atoms with Gasteiger partial charge in [-0.3, -0.25) is 14.2 Å². The van der Waals surface area contributed by atoms with Crippen molar-refractivity contribution in [2.24, 2.45) is 17.3 Å². The van der Waals surface area contributed by atoms with Crippen LogP contribution in [0.1, 0.15) is 60.3 Å². The minimum Gasteiger partial charge on any atom is -0.457 e. The van der Waals surface area contributed by atoms with E-state index in [1.165, 1.54) is 11.3 Å². The van der Waals surface area contributed by atoms with Crippen LogP contribution in [0.5, 0.6) is 0 Å². The molecule has 2 aromatic heterocycles. The predicted molar refractivity (Wildman–Crippen MR) is 108 cm³/mol. The molecule has 29 heavy (non-hydrogen) atoms. The van der Waals surface area contributed by atoms with Crippen LogP contribution < -0.4 is 0 Å². The molecule has 0 aliphatic heterocycles. The first-order valence-corrected chi connectivity index (χ1v) is 11.2. The zero-order chi connectivity index (χ0) is 20.4. The van der Waals surface area contributed by atoms with Gasteiger partial charge in [0.2, 0.25) is 5.78 Å². The van der Waals surface area contributed by atoms with Crippen LogP contribution in [0.2, 0.25) is 0 Å². The maximum Gasteiger partial charge on any atom is 0.312 e. The van der Waals surface area contributed by atoms with E-state index in [4.69, 9.17) is 4.74 Å². The van der Waals surface area contributed by atoms with Crippen molar-refractivity contribution in [3.8, 4) is 5.13 Å². The van der Waals surface area contributed by atoms with Gasteiger partial charge in [0, 0.05) is 28.5 Å². The summed E-state index contributed by atoms with van der Waals surface area (Å²) in [5.41, 5.74) is 0.982. The summed E-state index contributed by atoms with van der Waals surface area (Å²) < 4.78 is 7.51. The van der Waals surface area contributed by atoms with Gasteiger partial charge in [-0.2, -0.15) is 0 Å². The van der Waals surface area contributed by atoms with Gasteiger partial charge in [-0.05, 0) is 70.3 Å². The molecular weight excluding hydrogens is 388 g/mol. The number of hydrogen-bond donors (Lipinski definition) is 1. The Morgan fingerprint density at radius 3 is 2.62 bits per heavy atom. The second-order valence-electron chi connectivity index (χ2n) is 9.40. The van der Waals surface area contributed by atoms with Crippen molar-refractivity contribution < 1.29 is 19.4 Å². The maximum absolute atomic E-state index is 13.0. The summed E-state index contributed by atoms with van der Waals surface area (Å²) in [7, 11) is 0. The lowest BCUT2D eigenvalue weighted by Crippen LogP contribution is -2.58. The molecule has 4 bridgehead atoms. The largest absolute Gasteiger partial charge is 0.457 e. The smallest absolute Gasteiger partial charge is 0.312 e. The number of hydrogen-bond acceptors (Lipinski definition) is 6. The van der Waals surface area contributed by atoms with Gasteiger partial charge in [0.15, 0.2) is 11.7 Å². The second kappa shape index (κ2) is 6.51. The summed E-state index contributed by atoms with van der Waals surface area (Å²) in [4.78, 5) is 30.2. The van der Waals surface area contributed by atoms with Gasteiger partial charge in [0.25, 0.3) is 0 Å². The highest BCUT2D eigenvalue weighted by molar-refractivity contribution is 7.12. The van der Waals surface area contributed by atoms with Crippen molar-refractivity contribution in [1.82, 2.24) is 9.55 Å². The molecule has 2 heterocycles. The summed E-state index contributed by atoms with van der Waals surface area (Å²) >= 11 is 1.51. The van der Waals surface area contributed by atoms with Crippen molar-refractivity contribution >= 4 is 23.1 Å². The van der Waals surface area contributed by atoms with E-state index in [-0.39, 0.29) is 18.4 Å². The van der Waals surface area contributed by atoms with Crippen LogP contribution in [-0.2, 0) is 9.53 Å². The van der Waals surface area contributed by atoms with E-state index < -0.39 is 11.0 Å². The Balaban J connectivity index is 1.31. The molecule has 4 atom stereocenters. The number of ether oxygens (including phenoxy) is 1. The fourth-order valence-corrected chi connectivity index (χ4v) is 7.23. The lowest BCUT2D eigenvalue weighted by molar-refractivity contribution is -0.195. The van der Waals surface area contributed by atoms with E-state index in [0.29, 0.717) is 23.8 Å². The third-order valence-electron chi connectivity index (χ3n) is 7.14. The van der Waals surface area contributed by atoms with Crippen LogP contribution in [0.3, 0.4) is 0 Å². The van der Waals surface area contributed by atoms with Crippen molar-refractivity contribution in [1.29, 1.82) is 0 Å². The number of esters is 1. The Morgan fingerprint density at radius 2 is 2.00 bits per heavy atom. The quantitative estimate of drug-likeness (QED) is 0.597. The van der Waals surface area contributed by atoms with E-state index in [0.717, 1.165) is 48.6 Å². The third kappa shape index (κ3) is 3.06. The number of ketones is 1. The number of rotatable bonds is 5. The van der Waals surface area contributed by atoms with E-state index in [1.54, 1.807) is 6.20 Å². The number of Topliss-reactive ketones (excluding diaryl/α,β-unsaturated/α-hetero) is 1. The summed E-state index contributed by atoms with van der Waals surface area (Å²) in [6, 6.07) is 1.83. The summed E-state index contributed by atoms with van der Waals surface area (Å²) in [5, 5.41) is 13.6. The topological polar surface area (TPSA) is 81.4 Å². The van der Waals surface area contributed by atoms with Gasteiger partial charge < -0.3 is 9.84 Å². The molecule has 4 saturated carbocycles. The molecule has 4 fully saturated rings. The molecule has 4 aliphatic rings. The molecule has 7 heteroatoms. The first-order chi connectivity index (χ1) is 13.8. The number of carbonyl (C=O) groups excluding carboxylic acids is 2. The number of nitrogens with zero attached hydrogens (tertiary/aromatic N) is 2. The number of aromatic nitrogens is 2. The van der Waals surface area contributed by atoms with Crippen molar-refractivity contribution in [2.45, 2.75) is 58.0 Å². The lowest BCUT2D eigenvalue weighted by atomic mass is 9.48. The molecule has 0 saturated heterocycles. The van der Waals surface area contributed by atoms with Gasteiger partial charge in [0.05, 0.1) is 11.0 Å². The molecule has 0 radical (unpaired) electrons. The first-order valence-electron chi connectivity index (χ1n) is 10.3. The Labute approximate surface area is 173 Å². The Kier molecular flexibility index (Phi) is 4.26. The Hall–Kier alpha value is -1.99. The van der Waals surface area contributed by atoms with Crippen LogP contribution in [0, 0.1) is 31.1 Å². The van der Waals surface area contributed by atoms with Crippen molar-refractivity contribution in [3.63, 3.8) is 0 Å². The van der Waals surface area contributed by atoms with Gasteiger partial charge in [-0.1, -0.05) is 0 Å². The maximum atomic E-state index is 13.0. The zero-order valence-corrected chi connectivity index (χ0v) is 17.6. The Bertz CT molecular complexity index is 963. The van der Waals surface area contributed by atoms with Crippen molar-refractivity contribution in [3.05, 3.63) is 34.6 Å². The second-order valence-corrected chi connectivity index (χ2v) is 10.3. The molecule has 2 unspecified atom stereocenters. The zero-order valence-electron chi connectivity index (χ0n) is 16.8. The van der Waals surface area contributed by atoms with Crippen LogP contribution in [0.4, 0.5) is 0 Å². The first kappa shape index (κ1) is 19.0. The molecule has 2 aromatic rings. The molecule has 154 valence electrons. The molecule has 6 nitrogen and oxygen atoms in total. The molecule has 0 amide bonds. The monoisotopic (exact) mass is 414 g/mol. The normalized spacial score (nSPS) is 32.5.